The number of ether oxygens (including phenoxy) is 1. The zero-order chi connectivity index (χ0) is 36.8. The number of alkyl halides is 2. The van der Waals surface area contributed by atoms with E-state index in [1.54, 1.807) is 36.4 Å². The van der Waals surface area contributed by atoms with Crippen LogP contribution in [0.5, 0.6) is 11.5 Å². The second-order valence-corrected chi connectivity index (χ2v) is 15.3. The Labute approximate surface area is 313 Å². The van der Waals surface area contributed by atoms with E-state index in [0.717, 1.165) is 28.4 Å². The Morgan fingerprint density at radius 3 is 2.21 bits per heavy atom. The SMILES string of the molecule is O=C1[C@H]2[C@H](CC=C3[C@H](C4=COc5ccc(O)cc5C4)[C@]4(Cl)C(=O)N(c5ccc(F)cc5)C(=O)[C@]4(Cl)C[C@H]32)C(=O)N1c1ccc(Nc2ccccc2)cc1. The smallest absolute Gasteiger partial charge is 0.258 e. The number of para-hydroxylation sites is 1. The van der Waals surface area contributed by atoms with Crippen molar-refractivity contribution in [2.45, 2.75) is 29.0 Å². The molecule has 53 heavy (non-hydrogen) atoms. The van der Waals surface area contributed by atoms with E-state index < -0.39 is 57.0 Å². The Morgan fingerprint density at radius 2 is 1.47 bits per heavy atom. The summed E-state index contributed by atoms with van der Waals surface area (Å²) in [5.41, 5.74) is 3.90. The molecule has 0 radical (unpaired) electrons. The summed E-state index contributed by atoms with van der Waals surface area (Å²) in [4.78, 5) is 55.7. The molecule has 9 rings (SSSR count). The zero-order valence-corrected chi connectivity index (χ0v) is 29.4. The van der Waals surface area contributed by atoms with Crippen molar-refractivity contribution >= 4 is 69.6 Å². The van der Waals surface area contributed by atoms with Gasteiger partial charge in [-0.15, -0.1) is 23.2 Å². The van der Waals surface area contributed by atoms with E-state index in [2.05, 4.69) is 5.32 Å². The molecule has 3 fully saturated rings. The Morgan fingerprint density at radius 1 is 0.792 bits per heavy atom. The lowest BCUT2D eigenvalue weighted by atomic mass is 9.56. The molecule has 2 saturated heterocycles. The summed E-state index contributed by atoms with van der Waals surface area (Å²) in [5, 5.41) is 13.6. The number of carbonyl (C=O) groups is 4. The van der Waals surface area contributed by atoms with Crippen LogP contribution in [0.2, 0.25) is 0 Å². The molecule has 0 spiro atoms. The number of hydrogen-bond donors (Lipinski definition) is 2. The van der Waals surface area contributed by atoms with E-state index in [1.807, 2.05) is 36.4 Å². The van der Waals surface area contributed by atoms with E-state index >= 15 is 0 Å². The second kappa shape index (κ2) is 12.0. The van der Waals surface area contributed by atoms with Crippen molar-refractivity contribution in [3.05, 3.63) is 132 Å². The first kappa shape index (κ1) is 33.4. The van der Waals surface area contributed by atoms with Gasteiger partial charge in [0.1, 0.15) is 17.3 Å². The number of allylic oxidation sites excluding steroid dienone is 3. The number of phenols is 1. The first-order valence-corrected chi connectivity index (χ1v) is 17.9. The van der Waals surface area contributed by atoms with Crippen molar-refractivity contribution in [3.63, 3.8) is 0 Å². The fraction of sp³-hybridized carbons (Fsp3) is 0.220. The Kier molecular flexibility index (Phi) is 7.59. The Balaban J connectivity index is 1.11. The molecular formula is C41H30Cl2FN3O6. The van der Waals surface area contributed by atoms with Crippen LogP contribution >= 0.6 is 23.2 Å². The Bertz CT molecular complexity index is 2300. The van der Waals surface area contributed by atoms with Crippen molar-refractivity contribution in [2.24, 2.45) is 23.7 Å². The highest BCUT2D eigenvalue weighted by Gasteiger charge is 2.77. The summed E-state index contributed by atoms with van der Waals surface area (Å²) in [5.74, 6) is -5.88. The van der Waals surface area contributed by atoms with Crippen LogP contribution in [0.25, 0.3) is 0 Å². The van der Waals surface area contributed by atoms with Gasteiger partial charge in [0.25, 0.3) is 11.8 Å². The third kappa shape index (κ3) is 4.88. The number of benzene rings is 4. The number of aromatic hydroxyl groups is 1. The molecule has 266 valence electrons. The number of fused-ring (bicyclic) bond motifs is 5. The summed E-state index contributed by atoms with van der Waals surface area (Å²) in [7, 11) is 0. The van der Waals surface area contributed by atoms with Crippen LogP contribution in [0, 0.1) is 29.5 Å². The van der Waals surface area contributed by atoms with Crippen molar-refractivity contribution in [2.75, 3.05) is 15.1 Å². The average Bonchev–Trinajstić information content (AvgIpc) is 3.50. The maximum atomic E-state index is 14.6. The maximum absolute atomic E-state index is 14.6. The topological polar surface area (TPSA) is 116 Å². The summed E-state index contributed by atoms with van der Waals surface area (Å²) >= 11 is 15.0. The minimum Gasteiger partial charge on any atom is -0.508 e. The molecule has 3 heterocycles. The Hall–Kier alpha value is -5.45. The fourth-order valence-corrected chi connectivity index (χ4v) is 9.80. The lowest BCUT2D eigenvalue weighted by molar-refractivity contribution is -0.125. The highest BCUT2D eigenvalue weighted by atomic mass is 35.5. The third-order valence-electron chi connectivity index (χ3n) is 11.2. The molecule has 4 amide bonds. The van der Waals surface area contributed by atoms with Gasteiger partial charge in [-0.1, -0.05) is 29.8 Å². The van der Waals surface area contributed by atoms with Crippen LogP contribution < -0.4 is 19.9 Å². The average molecular weight is 751 g/mol. The largest absolute Gasteiger partial charge is 0.508 e. The highest BCUT2D eigenvalue weighted by molar-refractivity contribution is 6.58. The molecule has 4 aromatic carbocycles. The number of phenolic OH excluding ortho intramolecular Hbond substituents is 1. The van der Waals surface area contributed by atoms with Gasteiger partial charge in [0, 0.05) is 29.3 Å². The van der Waals surface area contributed by atoms with Crippen molar-refractivity contribution < 1.29 is 33.4 Å². The third-order valence-corrected chi connectivity index (χ3v) is 12.6. The number of carbonyl (C=O) groups excluding carboxylic acids is 4. The van der Waals surface area contributed by atoms with Gasteiger partial charge in [0.05, 0.1) is 29.5 Å². The van der Waals surface area contributed by atoms with Crippen LogP contribution in [-0.2, 0) is 25.6 Å². The van der Waals surface area contributed by atoms with Crippen LogP contribution in [-0.4, -0.2) is 38.5 Å². The molecule has 6 atom stereocenters. The molecule has 0 aromatic heterocycles. The first-order valence-electron chi connectivity index (χ1n) is 17.2. The molecule has 0 bridgehead atoms. The number of halogens is 3. The van der Waals surface area contributed by atoms with Crippen molar-refractivity contribution in [1.82, 2.24) is 0 Å². The standard InChI is InChI=1S/C41H30Cl2FN3O6/c42-40-20-32-30(15-16-31-34(32)37(50)46(36(31)49)27-12-8-26(9-13-27)45-25-4-2-1-3-5-25)35(23-18-22-19-29(48)14-17-33(22)53-21-23)41(40,43)39(52)47(38(40)51)28-10-6-24(44)7-11-28/h1-15,17,19,21,31-32,34-35,45,48H,16,18,20H2/t31-,32+,34-,35-,40+,41-/m0/s1. The summed E-state index contributed by atoms with van der Waals surface area (Å²) in [6.45, 7) is 0. The lowest BCUT2D eigenvalue weighted by Gasteiger charge is -2.51. The fourth-order valence-electron chi connectivity index (χ4n) is 8.85. The summed E-state index contributed by atoms with van der Waals surface area (Å²) in [6.07, 6.45) is 3.52. The van der Waals surface area contributed by atoms with Gasteiger partial charge in [-0.05, 0) is 103 Å². The molecule has 12 heteroatoms. The number of imide groups is 2. The predicted molar refractivity (Wildman–Crippen MR) is 197 cm³/mol. The number of anilines is 4. The van der Waals surface area contributed by atoms with E-state index in [0.29, 0.717) is 28.1 Å². The number of hydrogen-bond acceptors (Lipinski definition) is 7. The number of nitrogens with one attached hydrogen (secondary N) is 1. The first-order chi connectivity index (χ1) is 25.5. The molecule has 9 nitrogen and oxygen atoms in total. The molecule has 5 aliphatic rings. The van der Waals surface area contributed by atoms with Gasteiger partial charge in [-0.25, -0.2) is 9.29 Å². The second-order valence-electron chi connectivity index (χ2n) is 14.1. The monoisotopic (exact) mass is 749 g/mol. The minimum atomic E-state index is -2.09. The van der Waals surface area contributed by atoms with Gasteiger partial charge >= 0.3 is 0 Å². The number of amides is 4. The lowest BCUT2D eigenvalue weighted by Crippen LogP contribution is -2.61. The minimum absolute atomic E-state index is 0.00997. The van der Waals surface area contributed by atoms with E-state index in [4.69, 9.17) is 27.9 Å². The molecule has 2 N–H and O–H groups in total. The molecular weight excluding hydrogens is 720 g/mol. The summed E-state index contributed by atoms with van der Waals surface area (Å²) in [6, 6.07) is 26.1. The molecule has 3 aliphatic heterocycles. The van der Waals surface area contributed by atoms with Gasteiger partial charge in [0.15, 0.2) is 9.75 Å². The maximum Gasteiger partial charge on any atom is 0.258 e. The normalized spacial score (nSPS) is 28.7. The molecule has 1 saturated carbocycles. The van der Waals surface area contributed by atoms with Crippen LogP contribution in [0.3, 0.4) is 0 Å². The predicted octanol–water partition coefficient (Wildman–Crippen LogP) is 7.39. The molecule has 4 aromatic rings. The number of rotatable bonds is 5. The van der Waals surface area contributed by atoms with E-state index in [1.165, 1.54) is 29.4 Å². The van der Waals surface area contributed by atoms with Gasteiger partial charge in [0.2, 0.25) is 11.8 Å². The van der Waals surface area contributed by atoms with Crippen LogP contribution in [0.1, 0.15) is 18.4 Å². The van der Waals surface area contributed by atoms with E-state index in [-0.39, 0.29) is 36.6 Å². The van der Waals surface area contributed by atoms with Gasteiger partial charge in [-0.3, -0.25) is 24.1 Å². The number of nitrogens with zero attached hydrogens (tertiary/aromatic N) is 2. The summed E-state index contributed by atoms with van der Waals surface area (Å²) < 4.78 is 20.0. The highest BCUT2D eigenvalue weighted by Crippen LogP contribution is 2.65. The van der Waals surface area contributed by atoms with Crippen molar-refractivity contribution in [3.8, 4) is 11.5 Å². The van der Waals surface area contributed by atoms with Crippen LogP contribution in [0.4, 0.5) is 27.1 Å². The van der Waals surface area contributed by atoms with E-state index in [9.17, 15) is 28.7 Å². The van der Waals surface area contributed by atoms with Crippen LogP contribution in [0.15, 0.2) is 121 Å². The molecule has 0 unspecified atom stereocenters. The molecule has 2 aliphatic carbocycles. The van der Waals surface area contributed by atoms with Gasteiger partial charge < -0.3 is 15.2 Å². The van der Waals surface area contributed by atoms with Crippen molar-refractivity contribution in [1.29, 1.82) is 0 Å². The zero-order valence-electron chi connectivity index (χ0n) is 27.8. The quantitative estimate of drug-likeness (QED) is 0.124. The van der Waals surface area contributed by atoms with Gasteiger partial charge in [-0.2, -0.15) is 0 Å².